The van der Waals surface area contributed by atoms with Gasteiger partial charge in [-0.15, -0.1) is 0 Å². The van der Waals surface area contributed by atoms with Crippen LogP contribution in [0, 0.1) is 18.3 Å². The van der Waals surface area contributed by atoms with Crippen LogP contribution in [0.15, 0.2) is 18.2 Å². The molecule has 0 saturated heterocycles. The van der Waals surface area contributed by atoms with Crippen LogP contribution in [0.3, 0.4) is 0 Å². The zero-order valence-electron chi connectivity index (χ0n) is 9.54. The number of hydrogen-bond donors (Lipinski definition) is 1. The number of aryl methyl sites for hydroxylation is 1. The van der Waals surface area contributed by atoms with Crippen LogP contribution in [-0.4, -0.2) is 32.1 Å². The maximum absolute atomic E-state index is 8.78. The highest BCUT2D eigenvalue weighted by molar-refractivity contribution is 5.55. The number of benzene rings is 1. The lowest BCUT2D eigenvalue weighted by atomic mass is 10.1. The monoisotopic (exact) mass is 203 g/mol. The number of nitrogens with zero attached hydrogens (tertiary/aromatic N) is 2. The third-order valence-corrected chi connectivity index (χ3v) is 2.24. The maximum Gasteiger partial charge on any atom is 0.0992 e. The molecule has 0 aliphatic heterocycles. The van der Waals surface area contributed by atoms with Crippen molar-refractivity contribution < 1.29 is 0 Å². The Labute approximate surface area is 91.3 Å². The molecule has 1 aromatic rings. The molecule has 15 heavy (non-hydrogen) atoms. The van der Waals surface area contributed by atoms with Crippen LogP contribution in [0.4, 0.5) is 5.69 Å². The van der Waals surface area contributed by atoms with Gasteiger partial charge in [0.25, 0.3) is 0 Å². The quantitative estimate of drug-likeness (QED) is 0.811. The van der Waals surface area contributed by atoms with Gasteiger partial charge in [0, 0.05) is 18.8 Å². The van der Waals surface area contributed by atoms with E-state index in [1.807, 2.05) is 39.2 Å². The van der Waals surface area contributed by atoms with Crippen molar-refractivity contribution in [1.29, 1.82) is 5.26 Å². The fraction of sp³-hybridized carbons (Fsp3) is 0.417. The van der Waals surface area contributed by atoms with Gasteiger partial charge >= 0.3 is 0 Å². The molecule has 1 N–H and O–H groups in total. The van der Waals surface area contributed by atoms with Crippen molar-refractivity contribution >= 4 is 5.69 Å². The van der Waals surface area contributed by atoms with Crippen molar-refractivity contribution in [2.75, 3.05) is 32.5 Å². The molecule has 0 atom stereocenters. The Balaban J connectivity index is 2.64. The summed E-state index contributed by atoms with van der Waals surface area (Å²) < 4.78 is 0. The number of hydrogen-bond acceptors (Lipinski definition) is 3. The third-order valence-electron chi connectivity index (χ3n) is 2.24. The molecule has 0 heterocycles. The van der Waals surface area contributed by atoms with E-state index in [4.69, 9.17) is 5.26 Å². The number of rotatable bonds is 4. The van der Waals surface area contributed by atoms with Crippen LogP contribution in [0.25, 0.3) is 0 Å². The molecule has 0 aliphatic rings. The molecule has 1 rings (SSSR count). The van der Waals surface area contributed by atoms with Crippen molar-refractivity contribution in [1.82, 2.24) is 4.90 Å². The maximum atomic E-state index is 8.78. The Morgan fingerprint density at radius 1 is 1.40 bits per heavy atom. The van der Waals surface area contributed by atoms with Crippen LogP contribution in [0.5, 0.6) is 0 Å². The highest BCUT2D eigenvalue weighted by Gasteiger charge is 1.99. The smallest absolute Gasteiger partial charge is 0.0992 e. The zero-order chi connectivity index (χ0) is 11.3. The normalized spacial score (nSPS) is 10.1. The average molecular weight is 203 g/mol. The minimum absolute atomic E-state index is 0.702. The third kappa shape index (κ3) is 3.61. The Hall–Kier alpha value is -1.53. The molecule has 0 aliphatic carbocycles. The van der Waals surface area contributed by atoms with Crippen molar-refractivity contribution in [3.63, 3.8) is 0 Å². The Morgan fingerprint density at radius 3 is 2.73 bits per heavy atom. The van der Waals surface area contributed by atoms with E-state index in [0.29, 0.717) is 5.56 Å². The number of nitrogens with one attached hydrogen (secondary N) is 1. The topological polar surface area (TPSA) is 39.1 Å². The van der Waals surface area contributed by atoms with Gasteiger partial charge in [-0.2, -0.15) is 5.26 Å². The van der Waals surface area contributed by atoms with E-state index < -0.39 is 0 Å². The van der Waals surface area contributed by atoms with Gasteiger partial charge in [0.2, 0.25) is 0 Å². The second-order valence-corrected chi connectivity index (χ2v) is 3.87. The lowest BCUT2D eigenvalue weighted by Gasteiger charge is -2.13. The van der Waals surface area contributed by atoms with E-state index >= 15 is 0 Å². The van der Waals surface area contributed by atoms with Gasteiger partial charge in [0.05, 0.1) is 11.6 Å². The first-order valence-electron chi connectivity index (χ1n) is 5.03. The molecule has 0 saturated carbocycles. The largest absolute Gasteiger partial charge is 0.384 e. The predicted octanol–water partition coefficient (Wildman–Crippen LogP) is 1.84. The molecule has 0 radical (unpaired) electrons. The lowest BCUT2D eigenvalue weighted by molar-refractivity contribution is 0.425. The SMILES string of the molecule is Cc1ccc(C#N)cc1NCCN(C)C. The van der Waals surface area contributed by atoms with Gasteiger partial charge in [-0.1, -0.05) is 6.07 Å². The Kier molecular flexibility index (Phi) is 4.14. The number of anilines is 1. The Morgan fingerprint density at radius 2 is 2.13 bits per heavy atom. The van der Waals surface area contributed by atoms with E-state index in [1.165, 1.54) is 5.56 Å². The number of nitriles is 1. The van der Waals surface area contributed by atoms with E-state index in [2.05, 4.69) is 16.3 Å². The van der Waals surface area contributed by atoms with Gasteiger partial charge in [-0.3, -0.25) is 0 Å². The van der Waals surface area contributed by atoms with E-state index in [9.17, 15) is 0 Å². The van der Waals surface area contributed by atoms with Crippen LogP contribution in [-0.2, 0) is 0 Å². The van der Waals surface area contributed by atoms with E-state index in [0.717, 1.165) is 18.8 Å². The van der Waals surface area contributed by atoms with Crippen molar-refractivity contribution in [2.45, 2.75) is 6.92 Å². The first kappa shape index (κ1) is 11.5. The Bertz CT molecular complexity index is 364. The predicted molar refractivity (Wildman–Crippen MR) is 62.9 cm³/mol. The summed E-state index contributed by atoms with van der Waals surface area (Å²) in [5.41, 5.74) is 2.93. The minimum Gasteiger partial charge on any atom is -0.384 e. The van der Waals surface area contributed by atoms with Crippen molar-refractivity contribution in [3.8, 4) is 6.07 Å². The molecule has 0 aromatic heterocycles. The molecular weight excluding hydrogens is 186 g/mol. The molecule has 0 spiro atoms. The first-order valence-corrected chi connectivity index (χ1v) is 5.03. The van der Waals surface area contributed by atoms with Crippen LogP contribution in [0.1, 0.15) is 11.1 Å². The second-order valence-electron chi connectivity index (χ2n) is 3.87. The molecule has 0 unspecified atom stereocenters. The summed E-state index contributed by atoms with van der Waals surface area (Å²) in [6, 6.07) is 7.85. The van der Waals surface area contributed by atoms with Crippen molar-refractivity contribution in [3.05, 3.63) is 29.3 Å². The first-order chi connectivity index (χ1) is 7.13. The summed E-state index contributed by atoms with van der Waals surface area (Å²) in [5.74, 6) is 0. The fourth-order valence-corrected chi connectivity index (χ4v) is 1.30. The number of likely N-dealkylation sites (N-methyl/N-ethyl adjacent to an activating group) is 1. The molecule has 3 nitrogen and oxygen atoms in total. The zero-order valence-corrected chi connectivity index (χ0v) is 9.54. The molecule has 0 fully saturated rings. The van der Waals surface area contributed by atoms with Gasteiger partial charge in [-0.05, 0) is 38.7 Å². The van der Waals surface area contributed by atoms with Gasteiger partial charge in [-0.25, -0.2) is 0 Å². The molecule has 3 heteroatoms. The molecule has 1 aromatic carbocycles. The fourth-order valence-electron chi connectivity index (χ4n) is 1.30. The summed E-state index contributed by atoms with van der Waals surface area (Å²) in [6.45, 7) is 3.91. The summed E-state index contributed by atoms with van der Waals surface area (Å²) in [4.78, 5) is 2.12. The van der Waals surface area contributed by atoms with Crippen LogP contribution in [0.2, 0.25) is 0 Å². The summed E-state index contributed by atoms with van der Waals surface area (Å²) in [7, 11) is 4.08. The highest BCUT2D eigenvalue weighted by Crippen LogP contribution is 2.15. The summed E-state index contributed by atoms with van der Waals surface area (Å²) >= 11 is 0. The average Bonchev–Trinajstić information content (AvgIpc) is 2.20. The van der Waals surface area contributed by atoms with Gasteiger partial charge in [0.15, 0.2) is 0 Å². The van der Waals surface area contributed by atoms with Gasteiger partial charge in [0.1, 0.15) is 0 Å². The van der Waals surface area contributed by atoms with E-state index in [1.54, 1.807) is 0 Å². The summed E-state index contributed by atoms with van der Waals surface area (Å²) in [6.07, 6.45) is 0. The van der Waals surface area contributed by atoms with Crippen LogP contribution < -0.4 is 5.32 Å². The summed E-state index contributed by atoms with van der Waals surface area (Å²) in [5, 5.41) is 12.1. The second kappa shape index (κ2) is 5.38. The van der Waals surface area contributed by atoms with E-state index in [-0.39, 0.29) is 0 Å². The minimum atomic E-state index is 0.702. The standard InChI is InChI=1S/C12H17N3/c1-10-4-5-11(9-13)8-12(10)14-6-7-15(2)3/h4-5,8,14H,6-7H2,1-3H3. The lowest BCUT2D eigenvalue weighted by Crippen LogP contribution is -2.21. The molecule has 0 amide bonds. The highest BCUT2D eigenvalue weighted by atomic mass is 15.1. The van der Waals surface area contributed by atoms with Crippen molar-refractivity contribution in [2.24, 2.45) is 0 Å². The van der Waals surface area contributed by atoms with Crippen LogP contribution >= 0.6 is 0 Å². The molecule has 0 bridgehead atoms. The molecular formula is C12H17N3. The van der Waals surface area contributed by atoms with Gasteiger partial charge < -0.3 is 10.2 Å². The molecule has 80 valence electrons.